The number of benzene rings is 2. The Balaban J connectivity index is 1.89. The van der Waals surface area contributed by atoms with Crippen LogP contribution in [0.4, 0.5) is 4.39 Å². The highest BCUT2D eigenvalue weighted by atomic mass is 19.1. The summed E-state index contributed by atoms with van der Waals surface area (Å²) in [4.78, 5) is 4.26. The van der Waals surface area contributed by atoms with Crippen molar-refractivity contribution in [2.24, 2.45) is 0 Å². The summed E-state index contributed by atoms with van der Waals surface area (Å²) in [5.41, 5.74) is 3.53. The molecule has 0 saturated carbocycles. The normalized spacial score (nSPS) is 12.5. The molecule has 2 nitrogen and oxygen atoms in total. The van der Waals surface area contributed by atoms with Crippen molar-refractivity contribution in [3.05, 3.63) is 77.2 Å². The molecule has 0 saturated heterocycles. The van der Waals surface area contributed by atoms with E-state index in [2.05, 4.69) is 4.98 Å². The van der Waals surface area contributed by atoms with Crippen molar-refractivity contribution in [1.82, 2.24) is 4.98 Å². The molecule has 0 aliphatic heterocycles. The van der Waals surface area contributed by atoms with E-state index in [-0.39, 0.29) is 5.82 Å². The molecule has 0 amide bonds. The zero-order valence-corrected chi connectivity index (χ0v) is 11.8. The van der Waals surface area contributed by atoms with Crippen LogP contribution in [-0.4, -0.2) is 10.1 Å². The second kappa shape index (κ2) is 5.62. The first-order valence-corrected chi connectivity index (χ1v) is 6.91. The van der Waals surface area contributed by atoms with E-state index in [9.17, 15) is 9.50 Å². The summed E-state index contributed by atoms with van der Waals surface area (Å²) in [5, 5.41) is 11.4. The van der Waals surface area contributed by atoms with E-state index in [1.165, 1.54) is 12.1 Å². The third-order valence-corrected chi connectivity index (χ3v) is 3.74. The topological polar surface area (TPSA) is 33.1 Å². The number of aliphatic hydroxyl groups is 1. The molecule has 1 unspecified atom stereocenters. The molecule has 0 spiro atoms. The molecule has 3 heteroatoms. The second-order valence-corrected chi connectivity index (χ2v) is 5.25. The zero-order valence-electron chi connectivity index (χ0n) is 11.8. The van der Waals surface area contributed by atoms with E-state index >= 15 is 0 Å². The van der Waals surface area contributed by atoms with Gasteiger partial charge in [-0.15, -0.1) is 0 Å². The van der Waals surface area contributed by atoms with E-state index in [0.29, 0.717) is 6.42 Å². The average Bonchev–Trinajstić information content (AvgIpc) is 2.50. The molecule has 1 atom stereocenters. The number of nitrogens with zero attached hydrogens (tertiary/aromatic N) is 1. The third kappa shape index (κ3) is 2.93. The Morgan fingerprint density at radius 2 is 2.00 bits per heavy atom. The molecule has 1 aromatic heterocycles. The van der Waals surface area contributed by atoms with Gasteiger partial charge in [0.15, 0.2) is 0 Å². The largest absolute Gasteiger partial charge is 0.388 e. The standard InChI is InChI=1S/C18H16FNO/c1-12-4-6-16(19)10-15(12)11-18(21)14-5-7-17-13(9-14)3-2-8-20-17/h2-10,18,21H,11H2,1H3. The fourth-order valence-electron chi connectivity index (χ4n) is 2.49. The third-order valence-electron chi connectivity index (χ3n) is 3.74. The monoisotopic (exact) mass is 281 g/mol. The Hall–Kier alpha value is -2.26. The lowest BCUT2D eigenvalue weighted by Gasteiger charge is -2.13. The molecular formula is C18H16FNO. The number of pyridine rings is 1. The maximum absolute atomic E-state index is 13.3. The van der Waals surface area contributed by atoms with Crippen LogP contribution in [0.25, 0.3) is 10.9 Å². The molecule has 2 aromatic carbocycles. The summed E-state index contributed by atoms with van der Waals surface area (Å²) in [7, 11) is 0. The highest BCUT2D eigenvalue weighted by Crippen LogP contribution is 2.23. The van der Waals surface area contributed by atoms with Crippen LogP contribution >= 0.6 is 0 Å². The fraction of sp³-hybridized carbons (Fsp3) is 0.167. The van der Waals surface area contributed by atoms with Gasteiger partial charge in [0.05, 0.1) is 11.6 Å². The minimum Gasteiger partial charge on any atom is -0.388 e. The Labute approximate surface area is 122 Å². The number of aryl methyl sites for hydroxylation is 1. The summed E-state index contributed by atoms with van der Waals surface area (Å²) in [6.45, 7) is 1.92. The molecule has 3 rings (SSSR count). The molecule has 106 valence electrons. The first-order valence-electron chi connectivity index (χ1n) is 6.91. The van der Waals surface area contributed by atoms with E-state index in [4.69, 9.17) is 0 Å². The Morgan fingerprint density at radius 1 is 1.14 bits per heavy atom. The number of hydrogen-bond donors (Lipinski definition) is 1. The average molecular weight is 281 g/mol. The lowest BCUT2D eigenvalue weighted by molar-refractivity contribution is 0.178. The smallest absolute Gasteiger partial charge is 0.123 e. The number of halogens is 1. The van der Waals surface area contributed by atoms with Crippen molar-refractivity contribution in [3.63, 3.8) is 0 Å². The van der Waals surface area contributed by atoms with Crippen LogP contribution in [0.2, 0.25) is 0 Å². The number of aromatic nitrogens is 1. The van der Waals surface area contributed by atoms with E-state index in [1.54, 1.807) is 12.3 Å². The maximum Gasteiger partial charge on any atom is 0.123 e. The second-order valence-electron chi connectivity index (χ2n) is 5.25. The van der Waals surface area contributed by atoms with Gasteiger partial charge in [-0.05, 0) is 53.9 Å². The summed E-state index contributed by atoms with van der Waals surface area (Å²) >= 11 is 0. The van der Waals surface area contributed by atoms with Crippen molar-refractivity contribution in [2.75, 3.05) is 0 Å². The van der Waals surface area contributed by atoms with Crippen LogP contribution in [0.5, 0.6) is 0 Å². The van der Waals surface area contributed by atoms with Crippen LogP contribution in [-0.2, 0) is 6.42 Å². The van der Waals surface area contributed by atoms with Crippen molar-refractivity contribution >= 4 is 10.9 Å². The molecule has 1 N–H and O–H groups in total. The highest BCUT2D eigenvalue weighted by Gasteiger charge is 2.11. The molecule has 1 heterocycles. The summed E-state index contributed by atoms with van der Waals surface area (Å²) in [5.74, 6) is -0.273. The van der Waals surface area contributed by atoms with Gasteiger partial charge in [0, 0.05) is 18.0 Å². The quantitative estimate of drug-likeness (QED) is 0.788. The van der Waals surface area contributed by atoms with Gasteiger partial charge >= 0.3 is 0 Å². The van der Waals surface area contributed by atoms with Gasteiger partial charge in [0.1, 0.15) is 5.82 Å². The van der Waals surface area contributed by atoms with Gasteiger partial charge in [-0.3, -0.25) is 4.98 Å². The van der Waals surface area contributed by atoms with Gasteiger partial charge in [0.2, 0.25) is 0 Å². The predicted molar refractivity (Wildman–Crippen MR) is 81.5 cm³/mol. The van der Waals surface area contributed by atoms with Gasteiger partial charge in [-0.1, -0.05) is 18.2 Å². The van der Waals surface area contributed by atoms with E-state index < -0.39 is 6.10 Å². The van der Waals surface area contributed by atoms with Crippen molar-refractivity contribution < 1.29 is 9.50 Å². The van der Waals surface area contributed by atoms with Gasteiger partial charge in [0.25, 0.3) is 0 Å². The summed E-state index contributed by atoms with van der Waals surface area (Å²) in [6, 6.07) is 14.2. The minimum atomic E-state index is -0.657. The first-order chi connectivity index (χ1) is 10.1. The molecule has 21 heavy (non-hydrogen) atoms. The van der Waals surface area contributed by atoms with Crippen LogP contribution in [0, 0.1) is 12.7 Å². The lowest BCUT2D eigenvalue weighted by Crippen LogP contribution is -2.03. The molecule has 0 bridgehead atoms. The molecule has 3 aromatic rings. The highest BCUT2D eigenvalue weighted by molar-refractivity contribution is 5.79. The Morgan fingerprint density at radius 3 is 2.86 bits per heavy atom. The SMILES string of the molecule is Cc1ccc(F)cc1CC(O)c1ccc2ncccc2c1. The number of fused-ring (bicyclic) bond motifs is 1. The molecule has 0 aliphatic carbocycles. The summed E-state index contributed by atoms with van der Waals surface area (Å²) < 4.78 is 13.3. The lowest BCUT2D eigenvalue weighted by atomic mass is 9.97. The maximum atomic E-state index is 13.3. The molecule has 0 aliphatic rings. The van der Waals surface area contributed by atoms with Gasteiger partial charge in [-0.2, -0.15) is 0 Å². The molecule has 0 radical (unpaired) electrons. The van der Waals surface area contributed by atoms with Crippen molar-refractivity contribution in [2.45, 2.75) is 19.4 Å². The van der Waals surface area contributed by atoms with Crippen LogP contribution in [0.3, 0.4) is 0 Å². The van der Waals surface area contributed by atoms with Crippen molar-refractivity contribution in [1.29, 1.82) is 0 Å². The first kappa shape index (κ1) is 13.7. The van der Waals surface area contributed by atoms with Gasteiger partial charge < -0.3 is 5.11 Å². The van der Waals surface area contributed by atoms with E-state index in [1.807, 2.05) is 37.3 Å². The minimum absolute atomic E-state index is 0.273. The van der Waals surface area contributed by atoms with Crippen LogP contribution < -0.4 is 0 Å². The Bertz CT molecular complexity index is 785. The molecular weight excluding hydrogens is 265 g/mol. The van der Waals surface area contributed by atoms with Crippen LogP contribution in [0.1, 0.15) is 22.8 Å². The number of rotatable bonds is 3. The predicted octanol–water partition coefficient (Wildman–Crippen LogP) is 3.96. The van der Waals surface area contributed by atoms with E-state index in [0.717, 1.165) is 27.6 Å². The van der Waals surface area contributed by atoms with Crippen molar-refractivity contribution in [3.8, 4) is 0 Å². The van der Waals surface area contributed by atoms with Crippen LogP contribution in [0.15, 0.2) is 54.7 Å². The Kier molecular flexibility index (Phi) is 3.67. The number of aliphatic hydroxyl groups excluding tert-OH is 1. The fourth-order valence-corrected chi connectivity index (χ4v) is 2.49. The van der Waals surface area contributed by atoms with Gasteiger partial charge in [-0.25, -0.2) is 4.39 Å². The number of hydrogen-bond acceptors (Lipinski definition) is 2. The molecule has 0 fully saturated rings. The summed E-state index contributed by atoms with van der Waals surface area (Å²) in [6.07, 6.45) is 1.49. The zero-order chi connectivity index (χ0) is 14.8.